The molecule has 0 saturated heterocycles. The lowest BCUT2D eigenvalue weighted by Crippen LogP contribution is -2.33. The highest BCUT2D eigenvalue weighted by molar-refractivity contribution is 5.92. The van der Waals surface area contributed by atoms with Gasteiger partial charge in [0.15, 0.2) is 0 Å². The number of rotatable bonds is 8. The highest BCUT2D eigenvalue weighted by Gasteiger charge is 2.15. The van der Waals surface area contributed by atoms with Gasteiger partial charge in [-0.15, -0.1) is 0 Å². The second-order valence-corrected chi connectivity index (χ2v) is 5.67. The molecule has 0 aliphatic carbocycles. The number of carbonyl (C=O) groups excluding carboxylic acids is 1. The third-order valence-electron chi connectivity index (χ3n) is 3.70. The molecule has 1 aromatic heterocycles. The van der Waals surface area contributed by atoms with Crippen LogP contribution in [0.15, 0.2) is 42.6 Å². The minimum absolute atomic E-state index is 0.0423. The maximum Gasteiger partial charge on any atom is 0.272 e. The average Bonchev–Trinajstić information content (AvgIpc) is 2.61. The lowest BCUT2D eigenvalue weighted by atomic mass is 10.2. The van der Waals surface area contributed by atoms with Gasteiger partial charge >= 0.3 is 0 Å². The summed E-state index contributed by atoms with van der Waals surface area (Å²) in [5.74, 6) is -0.279. The largest absolute Gasteiger partial charge is 0.380 e. The van der Waals surface area contributed by atoms with Gasteiger partial charge in [-0.25, -0.2) is 9.37 Å². The number of benzene rings is 1. The van der Waals surface area contributed by atoms with Gasteiger partial charge in [-0.1, -0.05) is 32.0 Å². The van der Waals surface area contributed by atoms with E-state index >= 15 is 0 Å². The van der Waals surface area contributed by atoms with Crippen molar-refractivity contribution in [3.63, 3.8) is 0 Å². The molecule has 5 heteroatoms. The molecule has 128 valence electrons. The molecule has 0 fully saturated rings. The molecule has 2 aromatic rings. The van der Waals surface area contributed by atoms with Crippen LogP contribution in [0.2, 0.25) is 0 Å². The molecular weight excluding hydrogens is 305 g/mol. The first-order valence-electron chi connectivity index (χ1n) is 8.38. The van der Waals surface area contributed by atoms with Crippen LogP contribution in [0.3, 0.4) is 0 Å². The zero-order chi connectivity index (χ0) is 17.4. The van der Waals surface area contributed by atoms with Crippen molar-refractivity contribution in [1.29, 1.82) is 0 Å². The molecule has 0 aliphatic heterocycles. The van der Waals surface area contributed by atoms with Crippen LogP contribution >= 0.6 is 0 Å². The first-order valence-corrected chi connectivity index (χ1v) is 8.38. The van der Waals surface area contributed by atoms with Crippen LogP contribution in [0.4, 0.5) is 10.1 Å². The van der Waals surface area contributed by atoms with Gasteiger partial charge in [-0.2, -0.15) is 0 Å². The Morgan fingerprint density at radius 3 is 2.42 bits per heavy atom. The van der Waals surface area contributed by atoms with Gasteiger partial charge in [0.05, 0.1) is 11.9 Å². The van der Waals surface area contributed by atoms with E-state index in [-0.39, 0.29) is 11.7 Å². The number of hydrogen-bond acceptors (Lipinski definition) is 3. The maximum atomic E-state index is 13.6. The smallest absolute Gasteiger partial charge is 0.272 e. The summed E-state index contributed by atoms with van der Waals surface area (Å²) in [6.07, 6.45) is 3.46. The van der Waals surface area contributed by atoms with Gasteiger partial charge in [0.25, 0.3) is 5.91 Å². The van der Waals surface area contributed by atoms with Crippen LogP contribution in [0.1, 0.15) is 42.7 Å². The normalized spacial score (nSPS) is 10.5. The summed E-state index contributed by atoms with van der Waals surface area (Å²) in [5.41, 5.74) is 1.79. The highest BCUT2D eigenvalue weighted by atomic mass is 19.1. The van der Waals surface area contributed by atoms with Gasteiger partial charge < -0.3 is 10.2 Å². The van der Waals surface area contributed by atoms with Crippen LogP contribution < -0.4 is 5.32 Å². The van der Waals surface area contributed by atoms with Crippen molar-refractivity contribution in [2.24, 2.45) is 0 Å². The van der Waals surface area contributed by atoms with E-state index in [2.05, 4.69) is 24.1 Å². The Morgan fingerprint density at radius 2 is 1.83 bits per heavy atom. The Morgan fingerprint density at radius 1 is 1.12 bits per heavy atom. The van der Waals surface area contributed by atoms with E-state index in [1.165, 1.54) is 6.07 Å². The van der Waals surface area contributed by atoms with Crippen molar-refractivity contribution in [2.45, 2.75) is 33.2 Å². The number of hydrogen-bond donors (Lipinski definition) is 1. The summed E-state index contributed by atoms with van der Waals surface area (Å²) in [4.78, 5) is 18.5. The molecule has 24 heavy (non-hydrogen) atoms. The van der Waals surface area contributed by atoms with Gasteiger partial charge in [-0.3, -0.25) is 4.79 Å². The van der Waals surface area contributed by atoms with Gasteiger partial charge in [0.2, 0.25) is 0 Å². The first-order chi connectivity index (χ1) is 11.7. The van der Waals surface area contributed by atoms with E-state index in [1.807, 2.05) is 4.90 Å². The summed E-state index contributed by atoms with van der Waals surface area (Å²) in [6.45, 7) is 5.96. The standard InChI is InChI=1S/C19H24FN3O/c1-3-11-23(12-4-2)19(24)18-10-9-16(14-22-18)21-13-15-7-5-6-8-17(15)20/h5-10,14,21H,3-4,11-13H2,1-2H3. The first kappa shape index (κ1) is 17.9. The minimum Gasteiger partial charge on any atom is -0.380 e. The molecule has 0 aliphatic rings. The van der Waals surface area contributed by atoms with Crippen molar-refractivity contribution in [2.75, 3.05) is 18.4 Å². The molecule has 1 N–H and O–H groups in total. The molecule has 0 saturated carbocycles. The molecule has 0 radical (unpaired) electrons. The van der Waals surface area contributed by atoms with Crippen molar-refractivity contribution in [3.8, 4) is 0 Å². The van der Waals surface area contributed by atoms with Crippen molar-refractivity contribution in [3.05, 3.63) is 59.7 Å². The Hall–Kier alpha value is -2.43. The minimum atomic E-state index is -0.237. The Labute approximate surface area is 142 Å². The molecule has 0 spiro atoms. The topological polar surface area (TPSA) is 45.2 Å². The number of anilines is 1. The molecule has 0 bridgehead atoms. The van der Waals surface area contributed by atoms with Crippen LogP contribution in [0.25, 0.3) is 0 Å². The Bertz CT molecular complexity index is 652. The second-order valence-electron chi connectivity index (χ2n) is 5.67. The van der Waals surface area contributed by atoms with E-state index in [9.17, 15) is 9.18 Å². The summed E-state index contributed by atoms with van der Waals surface area (Å²) in [5, 5.41) is 3.12. The number of carbonyl (C=O) groups is 1. The lowest BCUT2D eigenvalue weighted by molar-refractivity contribution is 0.0749. The van der Waals surface area contributed by atoms with Crippen LogP contribution in [-0.4, -0.2) is 28.9 Å². The highest BCUT2D eigenvalue weighted by Crippen LogP contribution is 2.12. The number of halogens is 1. The molecular formula is C19H24FN3O. The summed E-state index contributed by atoms with van der Waals surface area (Å²) in [6, 6.07) is 10.2. The van der Waals surface area contributed by atoms with E-state index in [0.717, 1.165) is 31.6 Å². The number of nitrogens with one attached hydrogen (secondary N) is 1. The van der Waals surface area contributed by atoms with Crippen LogP contribution in [0.5, 0.6) is 0 Å². The van der Waals surface area contributed by atoms with Crippen molar-refractivity contribution < 1.29 is 9.18 Å². The molecule has 0 atom stereocenters. The molecule has 0 unspecified atom stereocenters. The number of amides is 1. The Balaban J connectivity index is 1.99. The molecule has 4 nitrogen and oxygen atoms in total. The molecule has 2 rings (SSSR count). The predicted octanol–water partition coefficient (Wildman–Crippen LogP) is 4.10. The van der Waals surface area contributed by atoms with Crippen molar-refractivity contribution in [1.82, 2.24) is 9.88 Å². The fourth-order valence-electron chi connectivity index (χ4n) is 2.48. The van der Waals surface area contributed by atoms with E-state index in [0.29, 0.717) is 17.8 Å². The maximum absolute atomic E-state index is 13.6. The van der Waals surface area contributed by atoms with E-state index in [4.69, 9.17) is 0 Å². The fourth-order valence-corrected chi connectivity index (χ4v) is 2.48. The van der Waals surface area contributed by atoms with Gasteiger partial charge in [-0.05, 0) is 31.0 Å². The Kier molecular flexibility index (Phi) is 6.73. The second kappa shape index (κ2) is 9.01. The van der Waals surface area contributed by atoms with E-state index in [1.54, 1.807) is 36.5 Å². The fraction of sp³-hybridized carbons (Fsp3) is 0.368. The van der Waals surface area contributed by atoms with Crippen LogP contribution in [-0.2, 0) is 6.54 Å². The molecule has 1 heterocycles. The summed E-state index contributed by atoms with van der Waals surface area (Å²) in [7, 11) is 0. The lowest BCUT2D eigenvalue weighted by Gasteiger charge is -2.21. The predicted molar refractivity (Wildman–Crippen MR) is 94.4 cm³/mol. The van der Waals surface area contributed by atoms with Crippen LogP contribution in [0, 0.1) is 5.82 Å². The van der Waals surface area contributed by atoms with Crippen molar-refractivity contribution >= 4 is 11.6 Å². The third kappa shape index (κ3) is 4.78. The SMILES string of the molecule is CCCN(CCC)C(=O)c1ccc(NCc2ccccc2F)cn1. The van der Waals surface area contributed by atoms with Gasteiger partial charge in [0, 0.05) is 25.2 Å². The van der Waals surface area contributed by atoms with Gasteiger partial charge in [0.1, 0.15) is 11.5 Å². The average molecular weight is 329 g/mol. The number of pyridine rings is 1. The third-order valence-corrected chi connectivity index (χ3v) is 3.70. The molecule has 1 amide bonds. The monoisotopic (exact) mass is 329 g/mol. The summed E-state index contributed by atoms with van der Waals surface area (Å²) >= 11 is 0. The zero-order valence-corrected chi connectivity index (χ0v) is 14.3. The quantitative estimate of drug-likeness (QED) is 0.793. The summed E-state index contributed by atoms with van der Waals surface area (Å²) < 4.78 is 13.6. The number of aromatic nitrogens is 1. The molecule has 1 aromatic carbocycles. The van der Waals surface area contributed by atoms with E-state index < -0.39 is 0 Å². The zero-order valence-electron chi connectivity index (χ0n) is 14.3. The number of nitrogens with zero attached hydrogens (tertiary/aromatic N) is 2.